The van der Waals surface area contributed by atoms with E-state index in [9.17, 15) is 0 Å². The second-order valence-corrected chi connectivity index (χ2v) is 5.78. The van der Waals surface area contributed by atoms with Crippen LogP contribution in [0.4, 0.5) is 0 Å². The molecule has 1 atom stereocenters. The predicted octanol–water partition coefficient (Wildman–Crippen LogP) is 2.99. The molecular formula is C14H16N2S. The zero-order valence-corrected chi connectivity index (χ0v) is 10.8. The summed E-state index contributed by atoms with van der Waals surface area (Å²) in [5.41, 5.74) is 10.00. The minimum absolute atomic E-state index is 0.0644. The van der Waals surface area contributed by atoms with Crippen LogP contribution < -0.4 is 5.73 Å². The molecule has 2 N–H and O–H groups in total. The zero-order valence-electron chi connectivity index (χ0n) is 9.94. The van der Waals surface area contributed by atoms with Crippen molar-refractivity contribution >= 4 is 11.3 Å². The summed E-state index contributed by atoms with van der Waals surface area (Å²) >= 11 is 1.79. The monoisotopic (exact) mass is 244 g/mol. The molecule has 3 rings (SSSR count). The van der Waals surface area contributed by atoms with E-state index >= 15 is 0 Å². The van der Waals surface area contributed by atoms with Crippen LogP contribution in [-0.4, -0.2) is 4.98 Å². The molecule has 1 aromatic carbocycles. The van der Waals surface area contributed by atoms with Crippen molar-refractivity contribution < 1.29 is 0 Å². The maximum Gasteiger partial charge on any atom is 0.114 e. The van der Waals surface area contributed by atoms with Gasteiger partial charge < -0.3 is 5.73 Å². The SMILES string of the molecule is Cc1cccc(C(N)c2nc3c(s2)CCC3)c1. The number of aromatic nitrogens is 1. The lowest BCUT2D eigenvalue weighted by molar-refractivity contribution is 0.833. The Morgan fingerprint density at radius 2 is 2.24 bits per heavy atom. The van der Waals surface area contributed by atoms with Crippen molar-refractivity contribution in [2.45, 2.75) is 32.2 Å². The van der Waals surface area contributed by atoms with Crippen LogP contribution in [0.2, 0.25) is 0 Å². The first-order chi connectivity index (χ1) is 8.24. The standard InChI is InChI=1S/C14H16N2S/c1-9-4-2-5-10(8-9)13(15)14-16-11-6-3-7-12(11)17-14/h2,4-5,8,13H,3,6-7,15H2,1H3. The number of aryl methyl sites for hydroxylation is 3. The fraction of sp³-hybridized carbons (Fsp3) is 0.357. The molecule has 17 heavy (non-hydrogen) atoms. The highest BCUT2D eigenvalue weighted by atomic mass is 32.1. The van der Waals surface area contributed by atoms with E-state index in [1.807, 2.05) is 0 Å². The summed E-state index contributed by atoms with van der Waals surface area (Å²) in [4.78, 5) is 6.14. The van der Waals surface area contributed by atoms with E-state index in [0.29, 0.717) is 0 Å². The molecule has 1 aromatic heterocycles. The van der Waals surface area contributed by atoms with Crippen molar-refractivity contribution in [2.24, 2.45) is 5.73 Å². The van der Waals surface area contributed by atoms with E-state index in [0.717, 1.165) is 17.0 Å². The highest BCUT2D eigenvalue weighted by molar-refractivity contribution is 7.11. The van der Waals surface area contributed by atoms with E-state index in [-0.39, 0.29) is 6.04 Å². The number of hydrogen-bond acceptors (Lipinski definition) is 3. The Morgan fingerprint density at radius 3 is 3.00 bits per heavy atom. The quantitative estimate of drug-likeness (QED) is 0.882. The maximum atomic E-state index is 6.29. The van der Waals surface area contributed by atoms with Gasteiger partial charge in [0.05, 0.1) is 11.7 Å². The molecule has 1 heterocycles. The molecule has 1 aliphatic carbocycles. The number of thiazole rings is 1. The summed E-state index contributed by atoms with van der Waals surface area (Å²) in [5.74, 6) is 0. The van der Waals surface area contributed by atoms with Crippen LogP contribution >= 0.6 is 11.3 Å². The number of hydrogen-bond donors (Lipinski definition) is 1. The van der Waals surface area contributed by atoms with Crippen molar-refractivity contribution in [1.29, 1.82) is 0 Å². The minimum atomic E-state index is -0.0644. The third-order valence-electron chi connectivity index (χ3n) is 3.28. The number of rotatable bonds is 2. The van der Waals surface area contributed by atoms with Gasteiger partial charge in [0.1, 0.15) is 5.01 Å². The summed E-state index contributed by atoms with van der Waals surface area (Å²) in [6.07, 6.45) is 3.58. The smallest absolute Gasteiger partial charge is 0.114 e. The van der Waals surface area contributed by atoms with E-state index in [2.05, 4.69) is 31.2 Å². The maximum absolute atomic E-state index is 6.29. The molecule has 0 saturated carbocycles. The lowest BCUT2D eigenvalue weighted by atomic mass is 10.1. The van der Waals surface area contributed by atoms with Crippen molar-refractivity contribution in [3.63, 3.8) is 0 Å². The van der Waals surface area contributed by atoms with Crippen molar-refractivity contribution in [3.8, 4) is 0 Å². The molecule has 0 amide bonds. The first-order valence-corrected chi connectivity index (χ1v) is 6.86. The molecule has 88 valence electrons. The van der Waals surface area contributed by atoms with Gasteiger partial charge in [-0.05, 0) is 31.7 Å². The molecule has 0 saturated heterocycles. The van der Waals surface area contributed by atoms with Crippen LogP contribution in [0.25, 0.3) is 0 Å². The normalized spacial score (nSPS) is 15.9. The molecule has 1 unspecified atom stereocenters. The largest absolute Gasteiger partial charge is 0.318 e. The lowest BCUT2D eigenvalue weighted by Crippen LogP contribution is -2.11. The van der Waals surface area contributed by atoms with Gasteiger partial charge >= 0.3 is 0 Å². The molecule has 1 aliphatic rings. The summed E-state index contributed by atoms with van der Waals surface area (Å²) in [5, 5.41) is 1.07. The van der Waals surface area contributed by atoms with E-state index in [1.54, 1.807) is 11.3 Å². The number of benzene rings is 1. The van der Waals surface area contributed by atoms with E-state index < -0.39 is 0 Å². The topological polar surface area (TPSA) is 38.9 Å². The van der Waals surface area contributed by atoms with Gasteiger partial charge in [0.2, 0.25) is 0 Å². The molecule has 2 nitrogen and oxygen atoms in total. The van der Waals surface area contributed by atoms with Gasteiger partial charge in [-0.15, -0.1) is 11.3 Å². The lowest BCUT2D eigenvalue weighted by Gasteiger charge is -2.09. The Hall–Kier alpha value is -1.19. The fourth-order valence-electron chi connectivity index (χ4n) is 2.35. The van der Waals surface area contributed by atoms with Crippen LogP contribution in [-0.2, 0) is 12.8 Å². The fourth-order valence-corrected chi connectivity index (χ4v) is 3.53. The molecular weight excluding hydrogens is 228 g/mol. The molecule has 0 fully saturated rings. The van der Waals surface area contributed by atoms with E-state index in [1.165, 1.54) is 29.0 Å². The van der Waals surface area contributed by atoms with Crippen LogP contribution in [0.3, 0.4) is 0 Å². The van der Waals surface area contributed by atoms with Gasteiger partial charge in [0, 0.05) is 4.88 Å². The summed E-state index contributed by atoms with van der Waals surface area (Å²) in [6.45, 7) is 2.10. The van der Waals surface area contributed by atoms with Crippen LogP contribution in [0.1, 0.15) is 39.2 Å². The number of fused-ring (bicyclic) bond motifs is 1. The van der Waals surface area contributed by atoms with Crippen LogP contribution in [0, 0.1) is 6.92 Å². The third-order valence-corrected chi connectivity index (χ3v) is 4.52. The van der Waals surface area contributed by atoms with Gasteiger partial charge in [0.25, 0.3) is 0 Å². The van der Waals surface area contributed by atoms with Crippen molar-refractivity contribution in [3.05, 3.63) is 51.0 Å². The second kappa shape index (κ2) is 4.24. The molecule has 0 radical (unpaired) electrons. The average Bonchev–Trinajstić information content (AvgIpc) is 2.88. The predicted molar refractivity (Wildman–Crippen MR) is 71.3 cm³/mol. The molecule has 0 spiro atoms. The van der Waals surface area contributed by atoms with Gasteiger partial charge in [-0.2, -0.15) is 0 Å². The van der Waals surface area contributed by atoms with Gasteiger partial charge in [-0.3, -0.25) is 0 Å². The molecule has 3 heteroatoms. The summed E-state index contributed by atoms with van der Waals surface area (Å²) in [6, 6.07) is 8.33. The minimum Gasteiger partial charge on any atom is -0.318 e. The average molecular weight is 244 g/mol. The van der Waals surface area contributed by atoms with Gasteiger partial charge in [-0.25, -0.2) is 4.98 Å². The number of nitrogens with zero attached hydrogens (tertiary/aromatic N) is 1. The highest BCUT2D eigenvalue weighted by Crippen LogP contribution is 2.32. The number of nitrogens with two attached hydrogens (primary N) is 1. The summed E-state index contributed by atoms with van der Waals surface area (Å²) in [7, 11) is 0. The Morgan fingerprint density at radius 1 is 1.35 bits per heavy atom. The van der Waals surface area contributed by atoms with Crippen LogP contribution in [0.5, 0.6) is 0 Å². The Balaban J connectivity index is 1.93. The Bertz CT molecular complexity index is 523. The second-order valence-electron chi connectivity index (χ2n) is 4.67. The first-order valence-electron chi connectivity index (χ1n) is 6.04. The molecule has 0 bridgehead atoms. The van der Waals surface area contributed by atoms with Crippen LogP contribution in [0.15, 0.2) is 24.3 Å². The van der Waals surface area contributed by atoms with Gasteiger partial charge in [0.15, 0.2) is 0 Å². The van der Waals surface area contributed by atoms with E-state index in [4.69, 9.17) is 10.7 Å². The third kappa shape index (κ3) is 2.01. The van der Waals surface area contributed by atoms with Crippen molar-refractivity contribution in [2.75, 3.05) is 0 Å². The molecule has 2 aromatic rings. The summed E-state index contributed by atoms with van der Waals surface area (Å²) < 4.78 is 0. The van der Waals surface area contributed by atoms with Crippen molar-refractivity contribution in [1.82, 2.24) is 4.98 Å². The van der Waals surface area contributed by atoms with Gasteiger partial charge in [-0.1, -0.05) is 29.8 Å². The Kier molecular flexibility index (Phi) is 2.73. The molecule has 0 aliphatic heterocycles. The first kappa shape index (κ1) is 10.9. The zero-order chi connectivity index (χ0) is 11.8. The highest BCUT2D eigenvalue weighted by Gasteiger charge is 2.20. The Labute approximate surface area is 106 Å².